The molecule has 0 saturated carbocycles. The lowest BCUT2D eigenvalue weighted by molar-refractivity contribution is 0.111. The highest BCUT2D eigenvalue weighted by Crippen LogP contribution is 2.37. The van der Waals surface area contributed by atoms with Crippen LogP contribution in [0.5, 0.6) is 5.75 Å². The Kier molecular flexibility index (Phi) is 8.27. The smallest absolute Gasteiger partial charge is 0.153 e. The van der Waals surface area contributed by atoms with Gasteiger partial charge in [0.15, 0.2) is 6.29 Å². The molecule has 1 aromatic heterocycles. The van der Waals surface area contributed by atoms with Gasteiger partial charge in [-0.2, -0.15) is 0 Å². The van der Waals surface area contributed by atoms with E-state index in [1.807, 2.05) is 60.7 Å². The van der Waals surface area contributed by atoms with E-state index in [0.717, 1.165) is 39.6 Å². The van der Waals surface area contributed by atoms with Crippen LogP contribution in [-0.2, 0) is 12.8 Å². The number of carbonyl (C=O) groups excluding carboxylic acids is 1. The van der Waals surface area contributed by atoms with Crippen LogP contribution in [0.2, 0.25) is 5.02 Å². The quantitative estimate of drug-likeness (QED) is 0.0740. The maximum atomic E-state index is 11.5. The lowest BCUT2D eigenvalue weighted by atomic mass is 9.97. The van der Waals surface area contributed by atoms with Crippen molar-refractivity contribution in [1.29, 1.82) is 0 Å². The Bertz CT molecular complexity index is 1590. The van der Waals surface area contributed by atoms with Crippen molar-refractivity contribution in [1.82, 2.24) is 4.57 Å². The van der Waals surface area contributed by atoms with Crippen LogP contribution in [0.4, 0.5) is 0 Å². The van der Waals surface area contributed by atoms with Gasteiger partial charge in [0.2, 0.25) is 0 Å². The number of para-hydroxylation sites is 1. The molecule has 0 aliphatic carbocycles. The Balaban J connectivity index is 1.67. The third-order valence-corrected chi connectivity index (χ3v) is 7.07. The van der Waals surface area contributed by atoms with E-state index in [1.165, 1.54) is 0 Å². The first-order valence-electron chi connectivity index (χ1n) is 12.8. The lowest BCUT2D eigenvalue weighted by Gasteiger charge is -2.25. The van der Waals surface area contributed by atoms with Gasteiger partial charge in [0.25, 0.3) is 0 Å². The number of carbonyl (C=O) groups is 1. The van der Waals surface area contributed by atoms with Gasteiger partial charge < -0.3 is 9.30 Å². The van der Waals surface area contributed by atoms with E-state index in [0.29, 0.717) is 42.3 Å². The van der Waals surface area contributed by atoms with Crippen LogP contribution in [-0.4, -0.2) is 24.0 Å². The standard InChI is InChI=1S/C32H27ClN4O2/c33-26-15-16-29-28(21-26)27(18-20-39-31-14-8-7-13-25(31)22-38)30(17-19-35-36-34)37(29)32(23-9-3-1-4-10-23)24-11-5-2-6-12-24/h1-16,21-22,32H,17-20H2. The van der Waals surface area contributed by atoms with Gasteiger partial charge in [-0.1, -0.05) is 89.5 Å². The number of aromatic nitrogens is 1. The molecule has 0 atom stereocenters. The van der Waals surface area contributed by atoms with Crippen molar-refractivity contribution in [3.05, 3.63) is 147 Å². The molecule has 0 radical (unpaired) electrons. The third kappa shape index (κ3) is 5.68. The van der Waals surface area contributed by atoms with E-state index in [1.54, 1.807) is 12.1 Å². The molecular formula is C32H27ClN4O2. The van der Waals surface area contributed by atoms with Crippen LogP contribution in [0.3, 0.4) is 0 Å². The van der Waals surface area contributed by atoms with Crippen LogP contribution >= 0.6 is 11.6 Å². The summed E-state index contributed by atoms with van der Waals surface area (Å²) in [6.07, 6.45) is 1.93. The average Bonchev–Trinajstić information content (AvgIpc) is 3.26. The minimum atomic E-state index is -0.109. The van der Waals surface area contributed by atoms with Crippen molar-refractivity contribution in [2.24, 2.45) is 5.11 Å². The second-order valence-electron chi connectivity index (χ2n) is 9.14. The summed E-state index contributed by atoms with van der Waals surface area (Å²) in [7, 11) is 0. The van der Waals surface area contributed by atoms with Crippen LogP contribution in [0.15, 0.2) is 108 Å². The molecule has 1 heterocycles. The second-order valence-corrected chi connectivity index (χ2v) is 9.58. The SMILES string of the molecule is [N-]=[N+]=NCCc1c(CCOc2ccccc2C=O)c2cc(Cl)ccc2n1C(c1ccccc1)c1ccccc1. The number of ether oxygens (including phenoxy) is 1. The van der Waals surface area contributed by atoms with Crippen molar-refractivity contribution in [3.8, 4) is 5.75 Å². The van der Waals surface area contributed by atoms with Gasteiger partial charge in [-0.3, -0.25) is 4.79 Å². The molecule has 0 aliphatic rings. The Hall–Kier alpha value is -4.51. The van der Waals surface area contributed by atoms with Crippen molar-refractivity contribution >= 4 is 28.8 Å². The summed E-state index contributed by atoms with van der Waals surface area (Å²) < 4.78 is 8.42. The summed E-state index contributed by atoms with van der Waals surface area (Å²) >= 11 is 6.52. The van der Waals surface area contributed by atoms with E-state index < -0.39 is 0 Å². The largest absolute Gasteiger partial charge is 0.492 e. The molecule has 39 heavy (non-hydrogen) atoms. The van der Waals surface area contributed by atoms with Gasteiger partial charge in [0.05, 0.1) is 18.2 Å². The van der Waals surface area contributed by atoms with Gasteiger partial charge in [0.1, 0.15) is 5.75 Å². The van der Waals surface area contributed by atoms with Crippen LogP contribution in [0.1, 0.15) is 38.8 Å². The van der Waals surface area contributed by atoms with Gasteiger partial charge >= 0.3 is 0 Å². The van der Waals surface area contributed by atoms with E-state index >= 15 is 0 Å². The van der Waals surface area contributed by atoms with Crippen molar-refractivity contribution in [2.45, 2.75) is 18.9 Å². The molecule has 0 saturated heterocycles. The first-order valence-corrected chi connectivity index (χ1v) is 13.2. The maximum absolute atomic E-state index is 11.5. The van der Waals surface area contributed by atoms with E-state index in [-0.39, 0.29) is 6.04 Å². The molecule has 194 valence electrons. The Morgan fingerprint density at radius 3 is 2.23 bits per heavy atom. The molecule has 0 spiro atoms. The zero-order chi connectivity index (χ0) is 27.0. The molecule has 5 aromatic rings. The van der Waals surface area contributed by atoms with Gasteiger partial charge in [-0.25, -0.2) is 0 Å². The van der Waals surface area contributed by atoms with Gasteiger partial charge in [0, 0.05) is 39.5 Å². The minimum Gasteiger partial charge on any atom is -0.492 e. The maximum Gasteiger partial charge on any atom is 0.153 e. The normalized spacial score (nSPS) is 10.9. The summed E-state index contributed by atoms with van der Waals surface area (Å²) in [4.78, 5) is 14.5. The zero-order valence-electron chi connectivity index (χ0n) is 21.3. The number of halogens is 1. The summed E-state index contributed by atoms with van der Waals surface area (Å²) in [6.45, 7) is 0.686. The molecule has 6 nitrogen and oxygen atoms in total. The Labute approximate surface area is 232 Å². The molecular weight excluding hydrogens is 508 g/mol. The van der Waals surface area contributed by atoms with Crippen LogP contribution in [0, 0.1) is 0 Å². The van der Waals surface area contributed by atoms with Crippen molar-refractivity contribution < 1.29 is 9.53 Å². The summed E-state index contributed by atoms with van der Waals surface area (Å²) in [5.41, 5.74) is 15.0. The van der Waals surface area contributed by atoms with Gasteiger partial charge in [-0.15, -0.1) is 0 Å². The van der Waals surface area contributed by atoms with Crippen LogP contribution < -0.4 is 4.74 Å². The third-order valence-electron chi connectivity index (χ3n) is 6.84. The summed E-state index contributed by atoms with van der Waals surface area (Å²) in [6, 6.07) is 33.8. The average molecular weight is 535 g/mol. The molecule has 0 aliphatic heterocycles. The number of azide groups is 1. The predicted molar refractivity (Wildman–Crippen MR) is 156 cm³/mol. The Morgan fingerprint density at radius 1 is 0.897 bits per heavy atom. The molecule has 5 rings (SSSR count). The molecule has 0 amide bonds. The fourth-order valence-electron chi connectivity index (χ4n) is 5.19. The second kappa shape index (κ2) is 12.4. The summed E-state index contributed by atoms with van der Waals surface area (Å²) in [5.74, 6) is 0.552. The number of rotatable bonds is 11. The van der Waals surface area contributed by atoms with Gasteiger partial charge in [-0.05, 0) is 59.0 Å². The highest BCUT2D eigenvalue weighted by atomic mass is 35.5. The number of aldehydes is 1. The highest BCUT2D eigenvalue weighted by molar-refractivity contribution is 6.31. The lowest BCUT2D eigenvalue weighted by Crippen LogP contribution is -2.16. The molecule has 4 aromatic carbocycles. The summed E-state index contributed by atoms with van der Waals surface area (Å²) in [5, 5.41) is 5.54. The molecule has 7 heteroatoms. The number of benzene rings is 4. The predicted octanol–water partition coefficient (Wildman–Crippen LogP) is 8.22. The minimum absolute atomic E-state index is 0.109. The first-order chi connectivity index (χ1) is 19.2. The fraction of sp³-hybridized carbons (Fsp3) is 0.156. The first kappa shape index (κ1) is 26.1. The number of nitrogens with zero attached hydrogens (tertiary/aromatic N) is 4. The van der Waals surface area contributed by atoms with E-state index in [4.69, 9.17) is 21.9 Å². The molecule has 0 fully saturated rings. The Morgan fingerprint density at radius 2 is 1.56 bits per heavy atom. The fourth-order valence-corrected chi connectivity index (χ4v) is 5.36. The monoisotopic (exact) mass is 534 g/mol. The topological polar surface area (TPSA) is 80.0 Å². The highest BCUT2D eigenvalue weighted by Gasteiger charge is 2.25. The van der Waals surface area contributed by atoms with E-state index in [9.17, 15) is 4.79 Å². The number of fused-ring (bicyclic) bond motifs is 1. The number of hydrogen-bond acceptors (Lipinski definition) is 3. The molecule has 0 bridgehead atoms. The molecule has 0 unspecified atom stereocenters. The zero-order valence-corrected chi connectivity index (χ0v) is 22.0. The number of hydrogen-bond donors (Lipinski definition) is 0. The van der Waals surface area contributed by atoms with Crippen molar-refractivity contribution in [3.63, 3.8) is 0 Å². The van der Waals surface area contributed by atoms with Crippen LogP contribution in [0.25, 0.3) is 21.3 Å². The van der Waals surface area contributed by atoms with Crippen molar-refractivity contribution in [2.75, 3.05) is 13.2 Å². The van der Waals surface area contributed by atoms with E-state index in [2.05, 4.69) is 44.9 Å². The molecule has 0 N–H and O–H groups in total.